The van der Waals surface area contributed by atoms with E-state index < -0.39 is 39.0 Å². The summed E-state index contributed by atoms with van der Waals surface area (Å²) in [5.74, 6) is -4.97. The zero-order valence-corrected chi connectivity index (χ0v) is 14.6. The lowest BCUT2D eigenvalue weighted by atomic mass is 10.2. The Hall–Kier alpha value is -2.52. The molecule has 0 bridgehead atoms. The van der Waals surface area contributed by atoms with E-state index in [9.17, 15) is 26.8 Å². The Bertz CT molecular complexity index is 916. The Balaban J connectivity index is 1.93. The first kappa shape index (κ1) is 19.8. The van der Waals surface area contributed by atoms with Gasteiger partial charge in [-0.25, -0.2) is 13.2 Å². The number of esters is 1. The van der Waals surface area contributed by atoms with Gasteiger partial charge in [0.05, 0.1) is 10.5 Å². The van der Waals surface area contributed by atoms with Gasteiger partial charge in [0.25, 0.3) is 5.91 Å². The number of rotatable bonds is 6. The van der Waals surface area contributed by atoms with Crippen LogP contribution in [0.15, 0.2) is 53.4 Å². The SMILES string of the molecule is O=C(COC(=O)c1cccc(Cl)c1)Nc1ccc(S(=O)(=O)C(F)F)cc1. The van der Waals surface area contributed by atoms with Crippen LogP contribution < -0.4 is 5.32 Å². The summed E-state index contributed by atoms with van der Waals surface area (Å²) in [5, 5.41) is 2.68. The lowest BCUT2D eigenvalue weighted by Gasteiger charge is -2.08. The first-order valence-electron chi connectivity index (χ1n) is 7.05. The molecule has 0 atom stereocenters. The van der Waals surface area contributed by atoms with Gasteiger partial charge in [-0.15, -0.1) is 0 Å². The fraction of sp³-hybridized carbons (Fsp3) is 0.125. The molecule has 2 rings (SSSR count). The fourth-order valence-corrected chi connectivity index (χ4v) is 2.77. The van der Waals surface area contributed by atoms with E-state index in [1.165, 1.54) is 12.1 Å². The number of alkyl halides is 2. The van der Waals surface area contributed by atoms with Crippen molar-refractivity contribution in [3.8, 4) is 0 Å². The zero-order chi connectivity index (χ0) is 19.3. The lowest BCUT2D eigenvalue weighted by Crippen LogP contribution is -2.21. The fourth-order valence-electron chi connectivity index (χ4n) is 1.86. The summed E-state index contributed by atoms with van der Waals surface area (Å²) in [5.41, 5.74) is 0.328. The van der Waals surface area contributed by atoms with Crippen molar-refractivity contribution in [1.29, 1.82) is 0 Å². The maximum atomic E-state index is 12.4. The number of sulfone groups is 1. The van der Waals surface area contributed by atoms with Crippen molar-refractivity contribution in [2.75, 3.05) is 11.9 Å². The van der Waals surface area contributed by atoms with Crippen LogP contribution in [0.4, 0.5) is 14.5 Å². The highest BCUT2D eigenvalue weighted by molar-refractivity contribution is 7.91. The molecular weight excluding hydrogens is 392 g/mol. The van der Waals surface area contributed by atoms with Crippen molar-refractivity contribution < 1.29 is 31.5 Å². The van der Waals surface area contributed by atoms with Gasteiger partial charge < -0.3 is 10.1 Å². The van der Waals surface area contributed by atoms with Crippen LogP contribution in [0.1, 0.15) is 10.4 Å². The number of carbonyl (C=O) groups excluding carboxylic acids is 2. The summed E-state index contributed by atoms with van der Waals surface area (Å²) >= 11 is 5.75. The highest BCUT2D eigenvalue weighted by Gasteiger charge is 2.26. The minimum absolute atomic E-state index is 0.155. The Morgan fingerprint density at radius 3 is 2.35 bits per heavy atom. The van der Waals surface area contributed by atoms with Gasteiger partial charge in [-0.05, 0) is 42.5 Å². The molecule has 10 heteroatoms. The Kier molecular flexibility index (Phi) is 6.27. The van der Waals surface area contributed by atoms with Crippen LogP contribution in [0.25, 0.3) is 0 Å². The predicted octanol–water partition coefficient (Wildman–Crippen LogP) is 3.13. The molecule has 0 fully saturated rings. The molecule has 0 aliphatic rings. The topological polar surface area (TPSA) is 89.5 Å². The third kappa shape index (κ3) is 4.99. The monoisotopic (exact) mass is 403 g/mol. The van der Waals surface area contributed by atoms with Gasteiger partial charge in [-0.2, -0.15) is 8.78 Å². The van der Waals surface area contributed by atoms with Gasteiger partial charge in [0, 0.05) is 10.7 Å². The minimum atomic E-state index is -4.70. The average molecular weight is 404 g/mol. The number of carbonyl (C=O) groups is 2. The molecular formula is C16H12ClF2NO5S. The number of halogens is 3. The normalized spacial score (nSPS) is 11.2. The summed E-state index contributed by atoms with van der Waals surface area (Å²) in [4.78, 5) is 23.0. The largest absolute Gasteiger partial charge is 0.452 e. The van der Waals surface area contributed by atoms with Crippen LogP contribution in [0.2, 0.25) is 5.02 Å². The molecule has 0 unspecified atom stereocenters. The van der Waals surface area contributed by atoms with Gasteiger partial charge in [0.1, 0.15) is 0 Å². The van der Waals surface area contributed by atoms with Crippen LogP contribution in [0, 0.1) is 0 Å². The van der Waals surface area contributed by atoms with E-state index in [1.54, 1.807) is 12.1 Å². The minimum Gasteiger partial charge on any atom is -0.452 e. The molecule has 1 amide bonds. The smallest absolute Gasteiger partial charge is 0.341 e. The molecule has 0 saturated heterocycles. The van der Waals surface area contributed by atoms with E-state index in [0.717, 1.165) is 24.3 Å². The number of anilines is 1. The Labute approximate surface area is 152 Å². The quantitative estimate of drug-likeness (QED) is 0.748. The molecule has 6 nitrogen and oxygen atoms in total. The molecule has 0 aliphatic heterocycles. The number of amides is 1. The van der Waals surface area contributed by atoms with Gasteiger partial charge in [-0.1, -0.05) is 17.7 Å². The number of nitrogens with one attached hydrogen (secondary N) is 1. The van der Waals surface area contributed by atoms with Gasteiger partial charge in [0.2, 0.25) is 9.84 Å². The second kappa shape index (κ2) is 8.24. The average Bonchev–Trinajstić information content (AvgIpc) is 2.60. The highest BCUT2D eigenvalue weighted by atomic mass is 35.5. The van der Waals surface area contributed by atoms with Crippen molar-refractivity contribution in [3.05, 3.63) is 59.1 Å². The molecule has 2 aromatic carbocycles. The summed E-state index contributed by atoms with van der Waals surface area (Å²) in [6, 6.07) is 10.1. The second-order valence-electron chi connectivity index (χ2n) is 4.96. The van der Waals surface area contributed by atoms with Crippen LogP contribution in [-0.4, -0.2) is 32.7 Å². The van der Waals surface area contributed by atoms with Crippen LogP contribution in [0.5, 0.6) is 0 Å². The molecule has 0 aliphatic carbocycles. The molecule has 2 aromatic rings. The maximum absolute atomic E-state index is 12.4. The van der Waals surface area contributed by atoms with Crippen molar-refractivity contribution >= 4 is 39.0 Å². The molecule has 1 N–H and O–H groups in total. The molecule has 26 heavy (non-hydrogen) atoms. The highest BCUT2D eigenvalue weighted by Crippen LogP contribution is 2.20. The molecule has 0 radical (unpaired) electrons. The second-order valence-corrected chi connectivity index (χ2v) is 7.32. The van der Waals surface area contributed by atoms with E-state index >= 15 is 0 Å². The summed E-state index contributed by atoms with van der Waals surface area (Å²) in [7, 11) is -4.70. The van der Waals surface area contributed by atoms with Crippen molar-refractivity contribution in [3.63, 3.8) is 0 Å². The maximum Gasteiger partial charge on any atom is 0.341 e. The predicted molar refractivity (Wildman–Crippen MR) is 90.0 cm³/mol. The Morgan fingerprint density at radius 1 is 1.12 bits per heavy atom. The van der Waals surface area contributed by atoms with Gasteiger partial charge in [-0.3, -0.25) is 4.79 Å². The van der Waals surface area contributed by atoms with E-state index in [0.29, 0.717) is 5.02 Å². The Morgan fingerprint density at radius 2 is 1.77 bits per heavy atom. The number of ether oxygens (including phenoxy) is 1. The van der Waals surface area contributed by atoms with E-state index in [1.807, 2.05) is 0 Å². The molecule has 138 valence electrons. The number of hydrogen-bond acceptors (Lipinski definition) is 5. The number of hydrogen-bond donors (Lipinski definition) is 1. The standard InChI is InChI=1S/C16H12ClF2NO5S/c17-11-3-1-2-10(8-11)15(22)25-9-14(21)20-12-4-6-13(7-5-12)26(23,24)16(18)19/h1-8,16H,9H2,(H,20,21). The first-order valence-corrected chi connectivity index (χ1v) is 8.97. The molecule has 0 spiro atoms. The van der Waals surface area contributed by atoms with Crippen LogP contribution in [-0.2, 0) is 19.4 Å². The van der Waals surface area contributed by atoms with Gasteiger partial charge >= 0.3 is 11.7 Å². The molecule has 0 heterocycles. The summed E-state index contributed by atoms with van der Waals surface area (Å²) in [6.07, 6.45) is 0. The van der Waals surface area contributed by atoms with E-state index in [4.69, 9.17) is 16.3 Å². The summed E-state index contributed by atoms with van der Waals surface area (Å²) in [6.45, 7) is -0.595. The molecule has 0 aromatic heterocycles. The lowest BCUT2D eigenvalue weighted by molar-refractivity contribution is -0.119. The van der Waals surface area contributed by atoms with E-state index in [-0.39, 0.29) is 11.3 Å². The molecule has 0 saturated carbocycles. The van der Waals surface area contributed by atoms with Gasteiger partial charge in [0.15, 0.2) is 6.61 Å². The number of benzene rings is 2. The third-order valence-electron chi connectivity index (χ3n) is 3.10. The third-order valence-corrected chi connectivity index (χ3v) is 4.73. The van der Waals surface area contributed by atoms with Crippen molar-refractivity contribution in [2.45, 2.75) is 10.7 Å². The van der Waals surface area contributed by atoms with Crippen LogP contribution in [0.3, 0.4) is 0 Å². The van der Waals surface area contributed by atoms with E-state index in [2.05, 4.69) is 5.32 Å². The van der Waals surface area contributed by atoms with Crippen LogP contribution >= 0.6 is 11.6 Å². The zero-order valence-electron chi connectivity index (χ0n) is 13.0. The summed E-state index contributed by atoms with van der Waals surface area (Å²) < 4.78 is 52.3. The first-order chi connectivity index (χ1) is 12.2. The van der Waals surface area contributed by atoms with Crippen molar-refractivity contribution in [1.82, 2.24) is 0 Å². The van der Waals surface area contributed by atoms with Crippen molar-refractivity contribution in [2.24, 2.45) is 0 Å².